The van der Waals surface area contributed by atoms with E-state index in [2.05, 4.69) is 14.9 Å². The normalized spacial score (nSPS) is 13.2. The second-order valence-corrected chi connectivity index (χ2v) is 5.26. The molecule has 0 aromatic rings. The van der Waals surface area contributed by atoms with E-state index in [0.717, 1.165) is 5.01 Å². The molecule has 1 N–H and O–H groups in total. The Balaban J connectivity index is 4.45. The molecule has 0 aromatic heterocycles. The zero-order chi connectivity index (χ0) is 16.6. The van der Waals surface area contributed by atoms with Crippen LogP contribution in [-0.2, 0) is 19.2 Å². The van der Waals surface area contributed by atoms with E-state index in [1.807, 2.05) is 13.8 Å². The molecule has 0 fully saturated rings. The number of esters is 1. The van der Waals surface area contributed by atoms with Crippen molar-refractivity contribution in [2.75, 3.05) is 13.8 Å². The number of rotatable bonds is 9. The third-order valence-corrected chi connectivity index (χ3v) is 2.55. The fourth-order valence-corrected chi connectivity index (χ4v) is 1.36. The first-order valence-electron chi connectivity index (χ1n) is 6.59. The van der Waals surface area contributed by atoms with Crippen molar-refractivity contribution in [2.24, 2.45) is 17.1 Å². The summed E-state index contributed by atoms with van der Waals surface area (Å²) in [4.78, 5) is 26.8. The van der Waals surface area contributed by atoms with Gasteiger partial charge in [-0.2, -0.15) is 0 Å². The van der Waals surface area contributed by atoms with Crippen molar-refractivity contribution in [2.45, 2.75) is 40.2 Å². The molecule has 0 radical (unpaired) electrons. The fraction of sp³-hybridized carbons (Fsp3) is 0.833. The van der Waals surface area contributed by atoms with Gasteiger partial charge in [0.2, 0.25) is 5.28 Å². The minimum atomic E-state index is -1.13. The van der Waals surface area contributed by atoms with Gasteiger partial charge in [-0.1, -0.05) is 27.7 Å². The van der Waals surface area contributed by atoms with Crippen LogP contribution in [0.3, 0.4) is 0 Å². The van der Waals surface area contributed by atoms with E-state index in [1.54, 1.807) is 13.8 Å². The van der Waals surface area contributed by atoms with Crippen molar-refractivity contribution >= 4 is 11.9 Å². The monoisotopic (exact) mass is 305 g/mol. The van der Waals surface area contributed by atoms with Gasteiger partial charge in [0.1, 0.15) is 0 Å². The van der Waals surface area contributed by atoms with E-state index in [9.17, 15) is 14.8 Å². The lowest BCUT2D eigenvalue weighted by Crippen LogP contribution is -2.43. The number of likely N-dealkylation sites (N-methyl/N-ethyl adjacent to an activating group) is 1. The van der Waals surface area contributed by atoms with Crippen LogP contribution in [0.15, 0.2) is 5.28 Å². The molecule has 9 heteroatoms. The van der Waals surface area contributed by atoms with E-state index >= 15 is 0 Å². The molecule has 0 unspecified atom stereocenters. The number of hydrogen-bond donors (Lipinski definition) is 1. The lowest BCUT2D eigenvalue weighted by molar-refractivity contribution is -0.711. The maximum Gasteiger partial charge on any atom is 0.332 e. The zero-order valence-electron chi connectivity index (χ0n) is 13.0. The highest BCUT2D eigenvalue weighted by Crippen LogP contribution is 2.11. The Morgan fingerprint density at radius 3 is 2.33 bits per heavy atom. The van der Waals surface area contributed by atoms with Crippen molar-refractivity contribution in [3.8, 4) is 0 Å². The third kappa shape index (κ3) is 7.33. The van der Waals surface area contributed by atoms with E-state index in [-0.39, 0.29) is 23.2 Å². The van der Waals surface area contributed by atoms with Crippen LogP contribution < -0.4 is 0 Å². The third-order valence-electron chi connectivity index (χ3n) is 2.55. The molecule has 0 aromatic carbocycles. The molecule has 9 nitrogen and oxygen atoms in total. The van der Waals surface area contributed by atoms with E-state index in [1.165, 1.54) is 7.05 Å². The smallest absolute Gasteiger partial charge is 0.332 e. The highest BCUT2D eigenvalue weighted by molar-refractivity contribution is 5.73. The standard InChI is InChI=1S/C12H23N3O6/c1-8(2)6-10(11(16)17)14(5)15(19)13-21-7-20-12(18)9(3)4/h8-10H,6-7H2,1-5H3,(H,16,17)/b15-13-/t10-/m0/s1. The number of carboxylic acid groups (broad SMARTS) is 1. The van der Waals surface area contributed by atoms with Crippen molar-refractivity contribution in [3.63, 3.8) is 0 Å². The summed E-state index contributed by atoms with van der Waals surface area (Å²) in [6.45, 7) is 6.48. The molecule has 0 aliphatic rings. The number of carboxylic acids is 1. The Hall–Kier alpha value is -2.06. The van der Waals surface area contributed by atoms with Gasteiger partial charge in [-0.3, -0.25) is 4.79 Å². The van der Waals surface area contributed by atoms with Crippen molar-refractivity contribution < 1.29 is 29.2 Å². The van der Waals surface area contributed by atoms with Gasteiger partial charge in [0.05, 0.1) is 17.9 Å². The summed E-state index contributed by atoms with van der Waals surface area (Å²) < 4.78 is 4.65. The average molecular weight is 305 g/mol. The zero-order valence-corrected chi connectivity index (χ0v) is 13.0. The predicted molar refractivity (Wildman–Crippen MR) is 71.6 cm³/mol. The maximum atomic E-state index is 11.6. The molecular formula is C12H23N3O6. The molecule has 0 aliphatic heterocycles. The van der Waals surface area contributed by atoms with E-state index in [4.69, 9.17) is 5.11 Å². The Morgan fingerprint density at radius 1 is 1.33 bits per heavy atom. The number of hydrogen-bond acceptors (Lipinski definition) is 6. The Morgan fingerprint density at radius 2 is 1.90 bits per heavy atom. The lowest BCUT2D eigenvalue weighted by atomic mass is 10.0. The van der Waals surface area contributed by atoms with Gasteiger partial charge in [0, 0.05) is 0 Å². The second kappa shape index (κ2) is 8.98. The van der Waals surface area contributed by atoms with Crippen LogP contribution >= 0.6 is 0 Å². The highest BCUT2D eigenvalue weighted by atomic mass is 16.8. The topological polar surface area (TPSA) is 114 Å². The van der Waals surface area contributed by atoms with Gasteiger partial charge in [-0.15, -0.1) is 5.01 Å². The molecule has 0 rings (SSSR count). The van der Waals surface area contributed by atoms with Gasteiger partial charge in [-0.05, 0) is 12.3 Å². The summed E-state index contributed by atoms with van der Waals surface area (Å²) in [6, 6.07) is -1.02. The quantitative estimate of drug-likeness (QED) is 0.171. The summed E-state index contributed by atoms with van der Waals surface area (Å²) in [5.41, 5.74) is 0. The molecule has 0 heterocycles. The fourth-order valence-electron chi connectivity index (χ4n) is 1.36. The van der Waals surface area contributed by atoms with Crippen LogP contribution in [0, 0.1) is 17.0 Å². The summed E-state index contributed by atoms with van der Waals surface area (Å²) in [5.74, 6) is -1.84. The number of ether oxygens (including phenoxy) is 1. The molecule has 0 saturated heterocycles. The minimum Gasteiger partial charge on any atom is -0.569 e. The number of carbonyl (C=O) groups is 2. The van der Waals surface area contributed by atoms with Gasteiger partial charge in [0.25, 0.3) is 6.79 Å². The van der Waals surface area contributed by atoms with Crippen LogP contribution in [0.4, 0.5) is 0 Å². The molecule has 0 bridgehead atoms. The van der Waals surface area contributed by atoms with Gasteiger partial charge in [-0.25, -0.2) is 4.79 Å². The van der Waals surface area contributed by atoms with Crippen LogP contribution in [0.25, 0.3) is 0 Å². The lowest BCUT2D eigenvalue weighted by Gasteiger charge is -2.21. The van der Waals surface area contributed by atoms with Crippen LogP contribution in [-0.4, -0.2) is 46.9 Å². The van der Waals surface area contributed by atoms with Crippen LogP contribution in [0.5, 0.6) is 0 Å². The summed E-state index contributed by atoms with van der Waals surface area (Å²) in [7, 11) is 1.29. The predicted octanol–water partition coefficient (Wildman–Crippen LogP) is 1.38. The summed E-state index contributed by atoms with van der Waals surface area (Å²) in [5, 5.41) is 24.7. The van der Waals surface area contributed by atoms with Gasteiger partial charge >= 0.3 is 11.9 Å². The SMILES string of the molecule is CC(C)C[C@@H](C(=O)O)N(C)/[N+]([O-])=N/OCOC(=O)C(C)C. The Bertz CT molecular complexity index is 383. The number of carbonyl (C=O) groups excluding carboxylic acids is 1. The largest absolute Gasteiger partial charge is 0.569 e. The molecule has 0 aliphatic carbocycles. The molecule has 0 amide bonds. The molecule has 0 saturated carbocycles. The first-order chi connectivity index (χ1) is 9.66. The number of hydrazine groups is 1. The average Bonchev–Trinajstić information content (AvgIpc) is 2.38. The molecule has 21 heavy (non-hydrogen) atoms. The molecule has 0 spiro atoms. The second-order valence-electron chi connectivity index (χ2n) is 5.26. The number of nitrogens with zero attached hydrogens (tertiary/aromatic N) is 3. The molecule has 122 valence electrons. The maximum absolute atomic E-state index is 11.6. The van der Waals surface area contributed by atoms with Crippen LogP contribution in [0.1, 0.15) is 34.1 Å². The first kappa shape index (κ1) is 18.9. The van der Waals surface area contributed by atoms with Crippen molar-refractivity contribution in [1.29, 1.82) is 0 Å². The molecule has 1 atom stereocenters. The summed E-state index contributed by atoms with van der Waals surface area (Å²) in [6.07, 6.45) is 0.280. The van der Waals surface area contributed by atoms with Gasteiger partial charge < -0.3 is 19.9 Å². The highest BCUT2D eigenvalue weighted by Gasteiger charge is 2.29. The van der Waals surface area contributed by atoms with Crippen molar-refractivity contribution in [3.05, 3.63) is 5.21 Å². The van der Waals surface area contributed by atoms with Crippen LogP contribution in [0.2, 0.25) is 0 Å². The minimum absolute atomic E-state index is 0.0182. The van der Waals surface area contributed by atoms with Crippen molar-refractivity contribution in [1.82, 2.24) is 5.01 Å². The van der Waals surface area contributed by atoms with E-state index in [0.29, 0.717) is 0 Å². The molecular weight excluding hydrogens is 282 g/mol. The number of aliphatic carboxylic acids is 1. The summed E-state index contributed by atoms with van der Waals surface area (Å²) >= 11 is 0. The van der Waals surface area contributed by atoms with E-state index < -0.39 is 24.8 Å². The first-order valence-corrected chi connectivity index (χ1v) is 6.59. The Labute approximate surface area is 123 Å². The van der Waals surface area contributed by atoms with Gasteiger partial charge in [0.15, 0.2) is 6.04 Å². The Kier molecular flexibility index (Phi) is 8.10.